The van der Waals surface area contributed by atoms with Gasteiger partial charge < -0.3 is 20.6 Å². The van der Waals surface area contributed by atoms with Crippen molar-refractivity contribution in [1.82, 2.24) is 30.2 Å². The quantitative estimate of drug-likeness (QED) is 0.377. The Hall–Kier alpha value is -3.95. The van der Waals surface area contributed by atoms with E-state index in [2.05, 4.69) is 64.7 Å². The number of aliphatic hydroxyl groups excluding tert-OH is 1. The summed E-state index contributed by atoms with van der Waals surface area (Å²) in [6, 6.07) is 18.0. The van der Waals surface area contributed by atoms with Crippen molar-refractivity contribution in [2.24, 2.45) is 0 Å². The van der Waals surface area contributed by atoms with Crippen LogP contribution in [0.25, 0.3) is 11.5 Å². The average Bonchev–Trinajstić information content (AvgIpc) is 2.89. The van der Waals surface area contributed by atoms with E-state index in [-0.39, 0.29) is 12.6 Å². The second-order valence-corrected chi connectivity index (χ2v) is 8.54. The Morgan fingerprint density at radius 2 is 1.77 bits per heavy atom. The summed E-state index contributed by atoms with van der Waals surface area (Å²) < 4.78 is 0. The van der Waals surface area contributed by atoms with E-state index in [0.29, 0.717) is 23.9 Å². The lowest BCUT2D eigenvalue weighted by molar-refractivity contribution is 0.235. The Balaban J connectivity index is 1.25. The normalized spacial score (nSPS) is 15.7. The molecule has 1 atom stereocenters. The maximum absolute atomic E-state index is 9.44. The fraction of sp³-hybridized carbons (Fsp3) is 0.269. The number of hydrogen-bond acceptors (Lipinski definition) is 9. The summed E-state index contributed by atoms with van der Waals surface area (Å²) in [5.41, 5.74) is 3.94. The molecule has 1 aliphatic rings. The summed E-state index contributed by atoms with van der Waals surface area (Å²) >= 11 is 0. The van der Waals surface area contributed by atoms with Gasteiger partial charge in [-0.05, 0) is 48.9 Å². The van der Waals surface area contributed by atoms with E-state index >= 15 is 0 Å². The van der Waals surface area contributed by atoms with E-state index in [9.17, 15) is 5.11 Å². The third kappa shape index (κ3) is 5.76. The SMILES string of the molecule is Cc1cccc(-c2nccc(Nc3ccnc(Cc4ccc(N5CCN[C@H](CO)C5)cc4)n3)n2)n1. The van der Waals surface area contributed by atoms with Crippen molar-refractivity contribution in [2.75, 3.05) is 36.5 Å². The van der Waals surface area contributed by atoms with Crippen molar-refractivity contribution in [1.29, 1.82) is 0 Å². The number of anilines is 3. The lowest BCUT2D eigenvalue weighted by Crippen LogP contribution is -2.52. The van der Waals surface area contributed by atoms with E-state index in [1.165, 1.54) is 0 Å². The summed E-state index contributed by atoms with van der Waals surface area (Å²) in [4.78, 5) is 24.8. The molecule has 35 heavy (non-hydrogen) atoms. The minimum Gasteiger partial charge on any atom is -0.395 e. The lowest BCUT2D eigenvalue weighted by Gasteiger charge is -2.34. The molecule has 5 rings (SSSR count). The van der Waals surface area contributed by atoms with Gasteiger partial charge in [0.2, 0.25) is 0 Å². The van der Waals surface area contributed by atoms with Gasteiger partial charge in [-0.3, -0.25) is 0 Å². The summed E-state index contributed by atoms with van der Waals surface area (Å²) in [7, 11) is 0. The molecule has 0 radical (unpaired) electrons. The Morgan fingerprint density at radius 3 is 2.57 bits per heavy atom. The van der Waals surface area contributed by atoms with Crippen LogP contribution < -0.4 is 15.5 Å². The highest BCUT2D eigenvalue weighted by Crippen LogP contribution is 2.20. The molecule has 9 nitrogen and oxygen atoms in total. The van der Waals surface area contributed by atoms with Gasteiger partial charge in [0.05, 0.1) is 6.61 Å². The van der Waals surface area contributed by atoms with Crippen molar-refractivity contribution in [3.8, 4) is 11.5 Å². The summed E-state index contributed by atoms with van der Waals surface area (Å²) in [5.74, 6) is 2.59. The number of nitrogens with one attached hydrogen (secondary N) is 2. The van der Waals surface area contributed by atoms with Crippen LogP contribution in [0.2, 0.25) is 0 Å². The van der Waals surface area contributed by atoms with Crippen LogP contribution in [0.4, 0.5) is 17.3 Å². The highest BCUT2D eigenvalue weighted by Gasteiger charge is 2.18. The molecule has 1 saturated heterocycles. The van der Waals surface area contributed by atoms with Gasteiger partial charge in [0.25, 0.3) is 0 Å². The van der Waals surface area contributed by atoms with Gasteiger partial charge in [-0.1, -0.05) is 18.2 Å². The Bertz CT molecular complexity index is 1280. The Kier molecular flexibility index (Phi) is 6.87. The smallest absolute Gasteiger partial charge is 0.180 e. The van der Waals surface area contributed by atoms with E-state index < -0.39 is 0 Å². The molecule has 3 aromatic heterocycles. The molecule has 0 aliphatic carbocycles. The summed E-state index contributed by atoms with van der Waals surface area (Å²) in [6.45, 7) is 4.69. The molecule has 4 heterocycles. The average molecular weight is 469 g/mol. The topological polar surface area (TPSA) is 112 Å². The molecule has 4 aromatic rings. The second kappa shape index (κ2) is 10.5. The fourth-order valence-electron chi connectivity index (χ4n) is 4.09. The van der Waals surface area contributed by atoms with Gasteiger partial charge in [0.1, 0.15) is 23.2 Å². The fourth-order valence-corrected chi connectivity index (χ4v) is 4.09. The molecule has 0 spiro atoms. The molecule has 3 N–H and O–H groups in total. The van der Waals surface area contributed by atoms with Gasteiger partial charge in [-0.2, -0.15) is 0 Å². The summed E-state index contributed by atoms with van der Waals surface area (Å²) in [5, 5.41) is 16.0. The number of aromatic nitrogens is 5. The number of piperazine rings is 1. The van der Waals surface area contributed by atoms with E-state index in [1.54, 1.807) is 18.5 Å². The largest absolute Gasteiger partial charge is 0.395 e. The van der Waals surface area contributed by atoms with Crippen LogP contribution >= 0.6 is 0 Å². The van der Waals surface area contributed by atoms with Crippen molar-refractivity contribution >= 4 is 17.3 Å². The maximum atomic E-state index is 9.44. The molecular formula is C26H28N8O. The molecule has 1 aromatic carbocycles. The second-order valence-electron chi connectivity index (χ2n) is 8.54. The van der Waals surface area contributed by atoms with Crippen LogP contribution in [0.3, 0.4) is 0 Å². The minimum atomic E-state index is 0.117. The molecule has 9 heteroatoms. The predicted molar refractivity (Wildman–Crippen MR) is 136 cm³/mol. The highest BCUT2D eigenvalue weighted by atomic mass is 16.3. The number of benzene rings is 1. The van der Waals surface area contributed by atoms with Crippen molar-refractivity contribution in [3.05, 3.63) is 84.1 Å². The van der Waals surface area contributed by atoms with Gasteiger partial charge in [0.15, 0.2) is 5.82 Å². The zero-order chi connectivity index (χ0) is 24.0. The Labute approximate surface area is 204 Å². The van der Waals surface area contributed by atoms with Crippen LogP contribution in [-0.2, 0) is 6.42 Å². The monoisotopic (exact) mass is 468 g/mol. The number of aliphatic hydroxyl groups is 1. The van der Waals surface area contributed by atoms with Crippen LogP contribution in [0, 0.1) is 6.92 Å². The van der Waals surface area contributed by atoms with E-state index in [0.717, 1.165) is 48.1 Å². The highest BCUT2D eigenvalue weighted by molar-refractivity contribution is 5.56. The molecule has 0 unspecified atom stereocenters. The van der Waals surface area contributed by atoms with E-state index in [1.807, 2.05) is 31.2 Å². The lowest BCUT2D eigenvalue weighted by atomic mass is 10.1. The molecule has 178 valence electrons. The number of hydrogen-bond donors (Lipinski definition) is 3. The predicted octanol–water partition coefficient (Wildman–Crippen LogP) is 2.74. The third-order valence-corrected chi connectivity index (χ3v) is 5.87. The van der Waals surface area contributed by atoms with Crippen LogP contribution in [-0.4, -0.2) is 62.3 Å². The molecular weight excluding hydrogens is 440 g/mol. The number of nitrogens with zero attached hydrogens (tertiary/aromatic N) is 6. The van der Waals surface area contributed by atoms with Crippen LogP contribution in [0.5, 0.6) is 0 Å². The zero-order valence-electron chi connectivity index (χ0n) is 19.6. The van der Waals surface area contributed by atoms with Crippen molar-refractivity contribution in [3.63, 3.8) is 0 Å². The van der Waals surface area contributed by atoms with Crippen LogP contribution in [0.1, 0.15) is 17.1 Å². The van der Waals surface area contributed by atoms with Gasteiger partial charge in [-0.15, -0.1) is 0 Å². The van der Waals surface area contributed by atoms with Crippen molar-refractivity contribution < 1.29 is 5.11 Å². The van der Waals surface area contributed by atoms with E-state index in [4.69, 9.17) is 0 Å². The number of rotatable bonds is 7. The number of aryl methyl sites for hydroxylation is 1. The van der Waals surface area contributed by atoms with Gasteiger partial charge >= 0.3 is 0 Å². The Morgan fingerprint density at radius 1 is 0.971 bits per heavy atom. The van der Waals surface area contributed by atoms with Crippen LogP contribution in [0.15, 0.2) is 67.0 Å². The molecule has 1 fully saturated rings. The van der Waals surface area contributed by atoms with Gasteiger partial charge in [-0.25, -0.2) is 24.9 Å². The summed E-state index contributed by atoms with van der Waals surface area (Å²) in [6.07, 6.45) is 4.08. The van der Waals surface area contributed by atoms with Crippen molar-refractivity contribution in [2.45, 2.75) is 19.4 Å². The molecule has 0 bridgehead atoms. The molecule has 1 aliphatic heterocycles. The minimum absolute atomic E-state index is 0.117. The zero-order valence-corrected chi connectivity index (χ0v) is 19.6. The first-order valence-electron chi connectivity index (χ1n) is 11.7. The third-order valence-electron chi connectivity index (χ3n) is 5.87. The molecule has 0 amide bonds. The van der Waals surface area contributed by atoms with Gasteiger partial charge in [0, 0.05) is 55.9 Å². The first-order valence-corrected chi connectivity index (χ1v) is 11.7. The number of pyridine rings is 1. The standard InChI is InChI=1S/C26H28N8O/c1-18-3-2-4-22(30-18)26-29-12-10-24(33-26)31-23-9-11-28-25(32-23)15-19-5-7-21(8-6-19)34-14-13-27-20(16-34)17-35/h2-12,20,27,35H,13-17H2,1H3,(H,28,29,31,32,33)/t20-/m0/s1. The maximum Gasteiger partial charge on any atom is 0.180 e. The first kappa shape index (κ1) is 22.8. The first-order chi connectivity index (χ1) is 17.2. The molecule has 0 saturated carbocycles.